The molecule has 20 heavy (non-hydrogen) atoms. The molecule has 2 heteroatoms. The summed E-state index contributed by atoms with van der Waals surface area (Å²) in [6, 6.07) is 6.14. The first-order valence-corrected chi connectivity index (χ1v) is 8.35. The van der Waals surface area contributed by atoms with Gasteiger partial charge in [0.2, 0.25) is 0 Å². The maximum absolute atomic E-state index is 5.99. The molecular weight excluding hydrogens is 266 g/mol. The Bertz CT molecular complexity index is 344. The summed E-state index contributed by atoms with van der Waals surface area (Å²) in [5.41, 5.74) is 2.41. The van der Waals surface area contributed by atoms with E-state index < -0.39 is 0 Å². The van der Waals surface area contributed by atoms with Gasteiger partial charge in [-0.25, -0.2) is 0 Å². The van der Waals surface area contributed by atoms with Crippen LogP contribution in [0.2, 0.25) is 5.02 Å². The SMILES string of the molecule is CC.CC1CCN(C)CC1.CCc1cccc(C)c1Cl. The molecule has 0 radical (unpaired) electrons. The molecule has 1 saturated heterocycles. The first kappa shape index (κ1) is 19.5. The number of piperidine rings is 1. The van der Waals surface area contributed by atoms with Gasteiger partial charge in [-0.1, -0.05) is 57.5 Å². The normalized spacial score (nSPS) is 15.8. The van der Waals surface area contributed by atoms with Crippen molar-refractivity contribution in [1.29, 1.82) is 0 Å². The van der Waals surface area contributed by atoms with Gasteiger partial charge in [0.15, 0.2) is 0 Å². The molecule has 0 N–H and O–H groups in total. The van der Waals surface area contributed by atoms with Gasteiger partial charge in [0, 0.05) is 5.02 Å². The van der Waals surface area contributed by atoms with Crippen LogP contribution in [0.1, 0.15) is 51.7 Å². The third-order valence-corrected chi connectivity index (χ3v) is 4.20. The quantitative estimate of drug-likeness (QED) is 0.653. The van der Waals surface area contributed by atoms with E-state index in [9.17, 15) is 0 Å². The first-order valence-electron chi connectivity index (χ1n) is 7.97. The molecule has 1 fully saturated rings. The predicted molar refractivity (Wildman–Crippen MR) is 92.8 cm³/mol. The molecule has 1 nitrogen and oxygen atoms in total. The molecule has 0 spiro atoms. The van der Waals surface area contributed by atoms with Gasteiger partial charge >= 0.3 is 0 Å². The van der Waals surface area contributed by atoms with Crippen LogP contribution in [0.25, 0.3) is 0 Å². The van der Waals surface area contributed by atoms with Crippen molar-refractivity contribution in [2.45, 2.75) is 53.9 Å². The van der Waals surface area contributed by atoms with Crippen molar-refractivity contribution >= 4 is 11.6 Å². The van der Waals surface area contributed by atoms with Gasteiger partial charge in [-0.05, 0) is 63.4 Å². The van der Waals surface area contributed by atoms with Gasteiger partial charge in [0.25, 0.3) is 0 Å². The third-order valence-electron chi connectivity index (χ3n) is 3.66. The van der Waals surface area contributed by atoms with Crippen LogP contribution in [0.15, 0.2) is 18.2 Å². The lowest BCUT2D eigenvalue weighted by Crippen LogP contribution is -2.28. The Morgan fingerprint density at radius 1 is 1.20 bits per heavy atom. The number of likely N-dealkylation sites (tertiary alicyclic amines) is 1. The number of nitrogens with zero attached hydrogens (tertiary/aromatic N) is 1. The maximum atomic E-state index is 5.99. The highest BCUT2D eigenvalue weighted by atomic mass is 35.5. The monoisotopic (exact) mass is 297 g/mol. The summed E-state index contributed by atoms with van der Waals surface area (Å²) in [4.78, 5) is 2.40. The topological polar surface area (TPSA) is 3.24 Å². The molecule has 0 unspecified atom stereocenters. The Kier molecular flexibility index (Phi) is 10.9. The highest BCUT2D eigenvalue weighted by Crippen LogP contribution is 2.20. The van der Waals surface area contributed by atoms with E-state index in [0.29, 0.717) is 0 Å². The summed E-state index contributed by atoms with van der Waals surface area (Å²) in [5, 5.41) is 0.921. The van der Waals surface area contributed by atoms with E-state index in [-0.39, 0.29) is 0 Å². The average molecular weight is 298 g/mol. The van der Waals surface area contributed by atoms with E-state index in [1.807, 2.05) is 32.9 Å². The van der Waals surface area contributed by atoms with E-state index >= 15 is 0 Å². The van der Waals surface area contributed by atoms with Crippen molar-refractivity contribution in [3.63, 3.8) is 0 Å². The van der Waals surface area contributed by atoms with Crippen LogP contribution in [0.5, 0.6) is 0 Å². The number of aryl methyl sites for hydroxylation is 2. The fourth-order valence-corrected chi connectivity index (χ4v) is 2.38. The van der Waals surface area contributed by atoms with E-state index in [2.05, 4.69) is 31.9 Å². The standard InChI is InChI=1S/C9H11Cl.C7H15N.C2H6/c1-3-8-6-4-5-7(2)9(8)10;1-7-3-5-8(2)6-4-7;1-2/h4-6H,3H2,1-2H3;7H,3-6H2,1-2H3;1-2H3. The summed E-state index contributed by atoms with van der Waals surface area (Å²) in [6.45, 7) is 13.1. The van der Waals surface area contributed by atoms with E-state index in [1.54, 1.807) is 0 Å². The van der Waals surface area contributed by atoms with E-state index in [4.69, 9.17) is 11.6 Å². The number of halogens is 1. The fourth-order valence-electron chi connectivity index (χ4n) is 2.12. The van der Waals surface area contributed by atoms with Gasteiger partial charge in [-0.2, -0.15) is 0 Å². The maximum Gasteiger partial charge on any atom is 0.0467 e. The molecule has 116 valence electrons. The molecule has 0 saturated carbocycles. The molecule has 0 bridgehead atoms. The molecule has 1 aromatic carbocycles. The van der Waals surface area contributed by atoms with Crippen LogP contribution >= 0.6 is 11.6 Å². The Labute approximate surface area is 131 Å². The summed E-state index contributed by atoms with van der Waals surface area (Å²) < 4.78 is 0. The number of rotatable bonds is 1. The zero-order valence-electron chi connectivity index (χ0n) is 14.2. The molecular formula is C18H32ClN. The Hall–Kier alpha value is -0.530. The van der Waals surface area contributed by atoms with Gasteiger partial charge in [-0.3, -0.25) is 0 Å². The summed E-state index contributed by atoms with van der Waals surface area (Å²) in [5.74, 6) is 0.978. The van der Waals surface area contributed by atoms with Gasteiger partial charge in [0.1, 0.15) is 0 Å². The highest BCUT2D eigenvalue weighted by Gasteiger charge is 2.10. The van der Waals surface area contributed by atoms with Gasteiger partial charge in [-0.15, -0.1) is 0 Å². The average Bonchev–Trinajstić information content (AvgIpc) is 2.48. The minimum absolute atomic E-state index is 0.921. The van der Waals surface area contributed by atoms with Crippen LogP contribution in [0, 0.1) is 12.8 Å². The molecule has 1 aliphatic heterocycles. The molecule has 1 heterocycles. The third kappa shape index (κ3) is 7.31. The zero-order valence-corrected chi connectivity index (χ0v) is 14.9. The molecule has 1 aliphatic rings. The number of hydrogen-bond acceptors (Lipinski definition) is 1. The summed E-state index contributed by atoms with van der Waals surface area (Å²) in [6.07, 6.45) is 3.81. The van der Waals surface area contributed by atoms with Crippen LogP contribution in [0.3, 0.4) is 0 Å². The second-order valence-corrected chi connectivity index (χ2v) is 5.77. The highest BCUT2D eigenvalue weighted by molar-refractivity contribution is 6.32. The number of benzene rings is 1. The second-order valence-electron chi connectivity index (χ2n) is 5.39. The lowest BCUT2D eigenvalue weighted by Gasteiger charge is -2.26. The molecule has 0 aromatic heterocycles. The summed E-state index contributed by atoms with van der Waals surface area (Å²) >= 11 is 5.99. The van der Waals surface area contributed by atoms with Crippen molar-refractivity contribution in [2.75, 3.05) is 20.1 Å². The Morgan fingerprint density at radius 2 is 1.75 bits per heavy atom. The predicted octanol–water partition coefficient (Wildman–Crippen LogP) is 5.59. The zero-order chi connectivity index (χ0) is 15.5. The Morgan fingerprint density at radius 3 is 2.15 bits per heavy atom. The fraction of sp³-hybridized carbons (Fsp3) is 0.667. The van der Waals surface area contributed by atoms with Crippen molar-refractivity contribution in [1.82, 2.24) is 4.90 Å². The van der Waals surface area contributed by atoms with Crippen LogP contribution in [-0.2, 0) is 6.42 Å². The second kappa shape index (κ2) is 11.2. The number of hydrogen-bond donors (Lipinski definition) is 0. The molecule has 1 aromatic rings. The molecule has 0 amide bonds. The lowest BCUT2D eigenvalue weighted by atomic mass is 10.00. The van der Waals surface area contributed by atoms with E-state index in [1.165, 1.54) is 37.1 Å². The minimum atomic E-state index is 0.921. The van der Waals surface area contributed by atoms with Crippen LogP contribution in [-0.4, -0.2) is 25.0 Å². The van der Waals surface area contributed by atoms with Crippen LogP contribution < -0.4 is 0 Å². The molecule has 0 aliphatic carbocycles. The molecule has 2 rings (SSSR count). The minimum Gasteiger partial charge on any atom is -0.306 e. The smallest absolute Gasteiger partial charge is 0.0467 e. The largest absolute Gasteiger partial charge is 0.306 e. The lowest BCUT2D eigenvalue weighted by molar-refractivity contribution is 0.230. The van der Waals surface area contributed by atoms with E-state index in [0.717, 1.165) is 17.4 Å². The summed E-state index contributed by atoms with van der Waals surface area (Å²) in [7, 11) is 2.20. The van der Waals surface area contributed by atoms with Gasteiger partial charge < -0.3 is 4.90 Å². The van der Waals surface area contributed by atoms with Gasteiger partial charge in [0.05, 0.1) is 0 Å². The van der Waals surface area contributed by atoms with Crippen molar-refractivity contribution in [2.24, 2.45) is 5.92 Å². The van der Waals surface area contributed by atoms with Crippen molar-refractivity contribution < 1.29 is 0 Å². The molecule has 0 atom stereocenters. The van der Waals surface area contributed by atoms with Crippen molar-refractivity contribution in [3.05, 3.63) is 34.3 Å². The first-order chi connectivity index (χ1) is 9.54. The Balaban J connectivity index is 0.000000327. The van der Waals surface area contributed by atoms with Crippen molar-refractivity contribution in [3.8, 4) is 0 Å². The van der Waals surface area contributed by atoms with Crippen LogP contribution in [0.4, 0.5) is 0 Å².